The van der Waals surface area contributed by atoms with E-state index in [-0.39, 0.29) is 34.5 Å². The Morgan fingerprint density at radius 1 is 1.43 bits per heavy atom. The van der Waals surface area contributed by atoms with Gasteiger partial charge >= 0.3 is 0 Å². The van der Waals surface area contributed by atoms with Crippen molar-refractivity contribution in [1.29, 1.82) is 10.7 Å². The van der Waals surface area contributed by atoms with Gasteiger partial charge in [0.2, 0.25) is 0 Å². The van der Waals surface area contributed by atoms with Crippen LogP contribution in [-0.4, -0.2) is 54.5 Å². The lowest BCUT2D eigenvalue weighted by atomic mass is 10.1. The van der Waals surface area contributed by atoms with Crippen LogP contribution in [0.2, 0.25) is 0 Å². The zero-order valence-corrected chi connectivity index (χ0v) is 12.5. The minimum absolute atomic E-state index is 0. The quantitative estimate of drug-likeness (QED) is 0.391. The molecule has 10 nitrogen and oxygen atoms in total. The van der Waals surface area contributed by atoms with Crippen LogP contribution in [0.4, 0.5) is 0 Å². The zero-order chi connectivity index (χ0) is 16.0. The SMILES string of the molecule is Cl.N#Cc1cn(C2OC(CO)C(O)C2O)c2ncn(N)c(=N)c12. The molecule has 0 aromatic carbocycles. The van der Waals surface area contributed by atoms with Crippen molar-refractivity contribution < 1.29 is 20.1 Å². The number of ether oxygens (including phenoxy) is 1. The summed E-state index contributed by atoms with van der Waals surface area (Å²) >= 11 is 0. The molecule has 0 saturated carbocycles. The summed E-state index contributed by atoms with van der Waals surface area (Å²) < 4.78 is 7.74. The minimum atomic E-state index is -1.31. The Morgan fingerprint density at radius 3 is 2.70 bits per heavy atom. The lowest BCUT2D eigenvalue weighted by molar-refractivity contribution is -0.0508. The number of nitrogen functional groups attached to an aromatic ring is 1. The second-order valence-electron chi connectivity index (χ2n) is 4.99. The van der Waals surface area contributed by atoms with Gasteiger partial charge < -0.3 is 30.5 Å². The molecule has 1 aliphatic heterocycles. The second kappa shape index (κ2) is 6.15. The van der Waals surface area contributed by atoms with Gasteiger partial charge in [0.05, 0.1) is 17.6 Å². The van der Waals surface area contributed by atoms with Crippen LogP contribution in [0.15, 0.2) is 12.5 Å². The third-order valence-corrected chi connectivity index (χ3v) is 3.72. The Bertz CT molecular complexity index is 827. The lowest BCUT2D eigenvalue weighted by Crippen LogP contribution is -2.33. The van der Waals surface area contributed by atoms with Crippen molar-refractivity contribution in [2.45, 2.75) is 24.5 Å². The maximum Gasteiger partial charge on any atom is 0.164 e. The number of halogens is 1. The topological polar surface area (TPSA) is 166 Å². The largest absolute Gasteiger partial charge is 0.394 e. The van der Waals surface area contributed by atoms with E-state index in [9.17, 15) is 15.5 Å². The Hall–Kier alpha value is -2.16. The highest BCUT2D eigenvalue weighted by Gasteiger charge is 2.44. The summed E-state index contributed by atoms with van der Waals surface area (Å²) in [6, 6.07) is 1.93. The van der Waals surface area contributed by atoms with Crippen LogP contribution in [0.1, 0.15) is 11.8 Å². The first kappa shape index (κ1) is 17.2. The molecule has 4 atom stereocenters. The monoisotopic (exact) mass is 342 g/mol. The molecule has 3 rings (SSSR count). The lowest BCUT2D eigenvalue weighted by Gasteiger charge is -2.17. The first-order chi connectivity index (χ1) is 10.5. The maximum absolute atomic E-state index is 10.1. The maximum atomic E-state index is 10.1. The summed E-state index contributed by atoms with van der Waals surface area (Å²) in [5.74, 6) is 5.56. The first-order valence-corrected chi connectivity index (χ1v) is 6.44. The summed E-state index contributed by atoms with van der Waals surface area (Å²) in [6.07, 6.45) is -1.98. The Morgan fingerprint density at radius 2 is 2.13 bits per heavy atom. The molecule has 23 heavy (non-hydrogen) atoms. The number of rotatable bonds is 2. The third-order valence-electron chi connectivity index (χ3n) is 3.72. The fourth-order valence-corrected chi connectivity index (χ4v) is 2.57. The normalized spacial score (nSPS) is 26.9. The molecule has 124 valence electrons. The summed E-state index contributed by atoms with van der Waals surface area (Å²) in [7, 11) is 0. The number of nitrogens with two attached hydrogens (primary N) is 1. The predicted molar refractivity (Wildman–Crippen MR) is 78.7 cm³/mol. The van der Waals surface area contributed by atoms with Gasteiger partial charge in [0.25, 0.3) is 0 Å². The van der Waals surface area contributed by atoms with E-state index in [1.165, 1.54) is 17.1 Å². The van der Waals surface area contributed by atoms with Crippen molar-refractivity contribution in [3.05, 3.63) is 23.6 Å². The first-order valence-electron chi connectivity index (χ1n) is 6.44. The van der Waals surface area contributed by atoms with Crippen molar-refractivity contribution in [3.8, 4) is 6.07 Å². The molecule has 3 heterocycles. The number of nitriles is 1. The van der Waals surface area contributed by atoms with E-state index in [0.717, 1.165) is 4.68 Å². The molecule has 6 N–H and O–H groups in total. The van der Waals surface area contributed by atoms with Crippen LogP contribution < -0.4 is 11.3 Å². The van der Waals surface area contributed by atoms with Gasteiger partial charge in [0, 0.05) is 6.20 Å². The number of aliphatic hydroxyl groups excluding tert-OH is 3. The van der Waals surface area contributed by atoms with E-state index in [1.807, 2.05) is 6.07 Å². The summed E-state index contributed by atoms with van der Waals surface area (Å²) in [5.41, 5.74) is 0.246. The fourth-order valence-electron chi connectivity index (χ4n) is 2.57. The summed E-state index contributed by atoms with van der Waals surface area (Å²) in [6.45, 7) is -0.459. The Kier molecular flexibility index (Phi) is 4.60. The third kappa shape index (κ3) is 2.44. The van der Waals surface area contributed by atoms with Gasteiger partial charge in [-0.1, -0.05) is 0 Å². The highest BCUT2D eigenvalue weighted by Crippen LogP contribution is 2.32. The number of aliphatic hydroxyl groups is 3. The van der Waals surface area contributed by atoms with Gasteiger partial charge in [0.1, 0.15) is 36.4 Å². The number of fused-ring (bicyclic) bond motifs is 1. The molecule has 0 amide bonds. The van der Waals surface area contributed by atoms with Gasteiger partial charge in [0.15, 0.2) is 11.7 Å². The zero-order valence-electron chi connectivity index (χ0n) is 11.7. The van der Waals surface area contributed by atoms with Crippen LogP contribution in [0.25, 0.3) is 11.0 Å². The van der Waals surface area contributed by atoms with Crippen molar-refractivity contribution in [2.24, 2.45) is 0 Å². The van der Waals surface area contributed by atoms with Gasteiger partial charge in [-0.15, -0.1) is 12.4 Å². The van der Waals surface area contributed by atoms with Crippen molar-refractivity contribution in [2.75, 3.05) is 12.4 Å². The van der Waals surface area contributed by atoms with Crippen LogP contribution in [0, 0.1) is 16.7 Å². The highest BCUT2D eigenvalue weighted by atomic mass is 35.5. The Balaban J connectivity index is 0.00000192. The molecule has 2 aromatic heterocycles. The Labute approximate surface area is 135 Å². The number of nitrogens with one attached hydrogen (secondary N) is 1. The number of hydrogen-bond donors (Lipinski definition) is 5. The molecule has 4 unspecified atom stereocenters. The fraction of sp³-hybridized carbons (Fsp3) is 0.417. The van der Waals surface area contributed by atoms with Gasteiger partial charge in [-0.3, -0.25) is 5.41 Å². The van der Waals surface area contributed by atoms with E-state index in [0.29, 0.717) is 0 Å². The van der Waals surface area contributed by atoms with Crippen LogP contribution in [0.3, 0.4) is 0 Å². The van der Waals surface area contributed by atoms with Crippen LogP contribution in [0.5, 0.6) is 0 Å². The molecule has 0 radical (unpaired) electrons. The van der Waals surface area contributed by atoms with Gasteiger partial charge in [-0.25, -0.2) is 9.66 Å². The van der Waals surface area contributed by atoms with Crippen molar-refractivity contribution in [3.63, 3.8) is 0 Å². The number of aromatic nitrogens is 3. The molecular weight excluding hydrogens is 328 g/mol. The average molecular weight is 343 g/mol. The molecule has 1 aliphatic rings. The summed E-state index contributed by atoms with van der Waals surface area (Å²) in [4.78, 5) is 4.06. The molecule has 0 spiro atoms. The molecule has 11 heteroatoms. The van der Waals surface area contributed by atoms with E-state index < -0.39 is 31.1 Å². The minimum Gasteiger partial charge on any atom is -0.394 e. The molecule has 1 fully saturated rings. The summed E-state index contributed by atoms with van der Waals surface area (Å²) in [5, 5.41) is 46.4. The predicted octanol–water partition coefficient (Wildman–Crippen LogP) is -2.06. The highest BCUT2D eigenvalue weighted by molar-refractivity contribution is 5.85. The number of nitrogens with zero attached hydrogens (tertiary/aromatic N) is 4. The van der Waals surface area contributed by atoms with Crippen LogP contribution >= 0.6 is 12.4 Å². The average Bonchev–Trinajstić information content (AvgIpc) is 3.02. The van der Waals surface area contributed by atoms with E-state index in [4.69, 9.17) is 21.1 Å². The molecule has 0 bridgehead atoms. The van der Waals surface area contributed by atoms with Gasteiger partial charge in [-0.05, 0) is 0 Å². The second-order valence-corrected chi connectivity index (χ2v) is 4.99. The molecule has 1 saturated heterocycles. The molecular formula is C12H15ClN6O4. The molecule has 2 aromatic rings. The van der Waals surface area contributed by atoms with E-state index in [1.54, 1.807) is 0 Å². The number of hydrogen-bond acceptors (Lipinski definition) is 8. The van der Waals surface area contributed by atoms with Crippen molar-refractivity contribution >= 4 is 23.4 Å². The van der Waals surface area contributed by atoms with Crippen LogP contribution in [-0.2, 0) is 4.74 Å². The smallest absolute Gasteiger partial charge is 0.164 e. The molecule has 0 aliphatic carbocycles. The van der Waals surface area contributed by atoms with E-state index in [2.05, 4.69) is 4.98 Å². The van der Waals surface area contributed by atoms with E-state index >= 15 is 0 Å². The standard InChI is InChI=1S/C12H14N6O4.ClH/c13-1-5-2-17(11-7(5)10(14)18(15)4-16-11)12-9(21)8(20)6(3-19)22-12;/h2,4,6,8-9,12,14,19-21H,3,15H2;1H. The van der Waals surface area contributed by atoms with Crippen molar-refractivity contribution in [1.82, 2.24) is 14.2 Å². The van der Waals surface area contributed by atoms with Gasteiger partial charge in [-0.2, -0.15) is 5.26 Å².